The molecule has 7 nitrogen and oxygen atoms in total. The molecule has 3 rings (SSSR count). The number of sulfonamides is 1. The van der Waals surface area contributed by atoms with Crippen molar-refractivity contribution in [1.29, 1.82) is 0 Å². The molecule has 0 aliphatic carbocycles. The highest BCUT2D eigenvalue weighted by molar-refractivity contribution is 7.91. The van der Waals surface area contributed by atoms with Gasteiger partial charge in [0.25, 0.3) is 10.0 Å². The second-order valence-corrected chi connectivity index (χ2v) is 10.2. The maximum absolute atomic E-state index is 12.8. The Hall–Kier alpha value is -2.23. The number of carbonyl (C=O) groups excluding carboxylic acids is 2. The summed E-state index contributed by atoms with van der Waals surface area (Å²) in [6.45, 7) is 2.52. The van der Waals surface area contributed by atoms with Crippen molar-refractivity contribution in [3.63, 3.8) is 0 Å². The van der Waals surface area contributed by atoms with Crippen LogP contribution in [0.1, 0.15) is 25.3 Å². The number of thiophene rings is 1. The van der Waals surface area contributed by atoms with E-state index in [-0.39, 0.29) is 31.5 Å². The van der Waals surface area contributed by atoms with Crippen molar-refractivity contribution in [2.45, 2.75) is 36.4 Å². The molecule has 1 aromatic heterocycles. The van der Waals surface area contributed by atoms with E-state index in [9.17, 15) is 18.0 Å². The van der Waals surface area contributed by atoms with Crippen LogP contribution in [0.2, 0.25) is 0 Å². The molecular formula is C21H26N2O5S2. The van der Waals surface area contributed by atoms with Gasteiger partial charge in [0, 0.05) is 25.4 Å². The Kier molecular flexibility index (Phi) is 7.63. The highest BCUT2D eigenvalue weighted by Crippen LogP contribution is 2.26. The summed E-state index contributed by atoms with van der Waals surface area (Å²) in [7, 11) is -3.51. The molecular weight excluding hydrogens is 424 g/mol. The Morgan fingerprint density at radius 1 is 1.17 bits per heavy atom. The molecule has 1 unspecified atom stereocenters. The molecule has 30 heavy (non-hydrogen) atoms. The third-order valence-corrected chi connectivity index (χ3v) is 8.36. The van der Waals surface area contributed by atoms with Gasteiger partial charge >= 0.3 is 5.97 Å². The molecule has 1 fully saturated rings. The van der Waals surface area contributed by atoms with Crippen LogP contribution >= 0.6 is 11.3 Å². The molecule has 1 aliphatic rings. The minimum atomic E-state index is -3.51. The van der Waals surface area contributed by atoms with Crippen molar-refractivity contribution in [2.24, 2.45) is 5.92 Å². The second-order valence-electron chi connectivity index (χ2n) is 7.11. The number of benzene rings is 1. The fourth-order valence-electron chi connectivity index (χ4n) is 3.47. The maximum atomic E-state index is 12.8. The minimum Gasteiger partial charge on any atom is -0.464 e. The van der Waals surface area contributed by atoms with E-state index >= 15 is 0 Å². The Labute approximate surface area is 181 Å². The van der Waals surface area contributed by atoms with E-state index < -0.39 is 22.0 Å². The van der Waals surface area contributed by atoms with E-state index in [1.165, 1.54) is 15.6 Å². The Bertz CT molecular complexity index is 937. The van der Waals surface area contributed by atoms with Gasteiger partial charge in [-0.3, -0.25) is 4.79 Å². The van der Waals surface area contributed by atoms with Crippen molar-refractivity contribution in [1.82, 2.24) is 9.62 Å². The molecule has 0 bridgehead atoms. The maximum Gasteiger partial charge on any atom is 0.328 e. The molecule has 0 saturated carbocycles. The van der Waals surface area contributed by atoms with Crippen LogP contribution in [-0.4, -0.2) is 50.3 Å². The fourth-order valence-corrected chi connectivity index (χ4v) is 6.09. The van der Waals surface area contributed by atoms with Crippen molar-refractivity contribution >= 4 is 33.2 Å². The standard InChI is InChI=1S/C21H26N2O5S2/c1-2-28-21(25)18(15-16-7-4-3-5-8-16)22-20(24)17-10-12-23(13-11-17)30(26,27)19-9-6-14-29-19/h3-9,14,17-18H,2,10-13,15H2,1H3,(H,22,24). The molecule has 1 atom stereocenters. The normalized spacial score (nSPS) is 16.7. The third-order valence-electron chi connectivity index (χ3n) is 5.08. The molecule has 1 amide bonds. The molecule has 162 valence electrons. The summed E-state index contributed by atoms with van der Waals surface area (Å²) >= 11 is 1.19. The number of hydrogen-bond donors (Lipinski definition) is 1. The first-order valence-corrected chi connectivity index (χ1v) is 12.3. The number of nitrogens with one attached hydrogen (secondary N) is 1. The lowest BCUT2D eigenvalue weighted by Crippen LogP contribution is -2.48. The van der Waals surface area contributed by atoms with Crippen LogP contribution < -0.4 is 5.32 Å². The van der Waals surface area contributed by atoms with Crippen LogP contribution in [0.3, 0.4) is 0 Å². The summed E-state index contributed by atoms with van der Waals surface area (Å²) in [6, 6.07) is 12.0. The van der Waals surface area contributed by atoms with E-state index in [1.54, 1.807) is 24.4 Å². The van der Waals surface area contributed by atoms with Crippen LogP contribution in [0.15, 0.2) is 52.1 Å². The highest BCUT2D eigenvalue weighted by atomic mass is 32.2. The Morgan fingerprint density at radius 2 is 1.87 bits per heavy atom. The van der Waals surface area contributed by atoms with Crippen LogP contribution in [-0.2, 0) is 30.8 Å². The van der Waals surface area contributed by atoms with E-state index in [4.69, 9.17) is 4.74 Å². The number of ether oxygens (including phenoxy) is 1. The number of rotatable bonds is 8. The van der Waals surface area contributed by atoms with Crippen LogP contribution in [0.4, 0.5) is 0 Å². The van der Waals surface area contributed by atoms with Gasteiger partial charge in [-0.1, -0.05) is 36.4 Å². The lowest BCUT2D eigenvalue weighted by molar-refractivity contribution is -0.148. The lowest BCUT2D eigenvalue weighted by atomic mass is 9.96. The molecule has 1 aliphatic heterocycles. The SMILES string of the molecule is CCOC(=O)C(Cc1ccccc1)NC(=O)C1CCN(S(=O)(=O)c2cccs2)CC1. The zero-order chi connectivity index (χ0) is 21.6. The van der Waals surface area contributed by atoms with Crippen molar-refractivity contribution < 1.29 is 22.7 Å². The highest BCUT2D eigenvalue weighted by Gasteiger charge is 2.34. The van der Waals surface area contributed by atoms with E-state index in [0.717, 1.165) is 5.56 Å². The summed E-state index contributed by atoms with van der Waals surface area (Å²) in [5.74, 6) is -1.04. The van der Waals surface area contributed by atoms with Gasteiger partial charge in [-0.15, -0.1) is 11.3 Å². The van der Waals surface area contributed by atoms with Gasteiger partial charge in [0.05, 0.1) is 6.61 Å². The largest absolute Gasteiger partial charge is 0.464 e. The molecule has 1 saturated heterocycles. The molecule has 1 aromatic carbocycles. The zero-order valence-electron chi connectivity index (χ0n) is 16.8. The van der Waals surface area contributed by atoms with Gasteiger partial charge in [-0.05, 0) is 36.8 Å². The van der Waals surface area contributed by atoms with Gasteiger partial charge < -0.3 is 10.1 Å². The molecule has 9 heteroatoms. The first-order valence-electron chi connectivity index (χ1n) is 9.96. The number of hydrogen-bond acceptors (Lipinski definition) is 6. The first-order chi connectivity index (χ1) is 14.4. The van der Waals surface area contributed by atoms with Crippen LogP contribution in [0.5, 0.6) is 0 Å². The number of amides is 1. The van der Waals surface area contributed by atoms with Crippen LogP contribution in [0.25, 0.3) is 0 Å². The van der Waals surface area contributed by atoms with Crippen molar-refractivity contribution in [2.75, 3.05) is 19.7 Å². The summed E-state index contributed by atoms with van der Waals surface area (Å²) in [4.78, 5) is 25.2. The van der Waals surface area contributed by atoms with Gasteiger partial charge in [0.1, 0.15) is 10.3 Å². The average Bonchev–Trinajstić information content (AvgIpc) is 3.30. The van der Waals surface area contributed by atoms with E-state index in [1.807, 2.05) is 30.3 Å². The molecule has 1 N–H and O–H groups in total. The van der Waals surface area contributed by atoms with Gasteiger partial charge in [-0.2, -0.15) is 4.31 Å². The summed E-state index contributed by atoms with van der Waals surface area (Å²) in [6.07, 6.45) is 1.17. The topological polar surface area (TPSA) is 92.8 Å². The Morgan fingerprint density at radius 3 is 2.47 bits per heavy atom. The number of carbonyl (C=O) groups is 2. The quantitative estimate of drug-likeness (QED) is 0.624. The summed E-state index contributed by atoms with van der Waals surface area (Å²) in [5.41, 5.74) is 0.924. The molecule has 2 heterocycles. The Balaban J connectivity index is 1.60. The number of piperidine rings is 1. The first kappa shape index (κ1) is 22.5. The van der Waals surface area contributed by atoms with Crippen molar-refractivity contribution in [3.8, 4) is 0 Å². The van der Waals surface area contributed by atoms with E-state index in [0.29, 0.717) is 23.5 Å². The average molecular weight is 451 g/mol. The van der Waals surface area contributed by atoms with E-state index in [2.05, 4.69) is 5.32 Å². The predicted octanol–water partition coefficient (Wildman–Crippen LogP) is 2.44. The van der Waals surface area contributed by atoms with Gasteiger partial charge in [0.2, 0.25) is 5.91 Å². The minimum absolute atomic E-state index is 0.235. The number of nitrogens with zero attached hydrogens (tertiary/aromatic N) is 1. The van der Waals surface area contributed by atoms with Crippen molar-refractivity contribution in [3.05, 3.63) is 53.4 Å². The summed E-state index contributed by atoms with van der Waals surface area (Å²) in [5, 5.41) is 4.55. The zero-order valence-corrected chi connectivity index (χ0v) is 18.5. The van der Waals surface area contributed by atoms with Gasteiger partial charge in [0.15, 0.2) is 0 Å². The molecule has 0 spiro atoms. The molecule has 2 aromatic rings. The van der Waals surface area contributed by atoms with Gasteiger partial charge in [-0.25, -0.2) is 13.2 Å². The smallest absolute Gasteiger partial charge is 0.328 e. The summed E-state index contributed by atoms with van der Waals surface area (Å²) < 4.78 is 32.2. The lowest BCUT2D eigenvalue weighted by Gasteiger charge is -2.31. The predicted molar refractivity (Wildman–Crippen MR) is 115 cm³/mol. The fraction of sp³-hybridized carbons (Fsp3) is 0.429. The number of esters is 1. The monoisotopic (exact) mass is 450 g/mol. The second kappa shape index (κ2) is 10.2. The van der Waals surface area contributed by atoms with Crippen LogP contribution in [0, 0.1) is 5.92 Å². The third kappa shape index (κ3) is 5.47. The molecule has 0 radical (unpaired) electrons.